The molecule has 1 atom stereocenters. The number of benzene rings is 2. The Morgan fingerprint density at radius 3 is 2.57 bits per heavy atom. The number of halogens is 1. The lowest BCUT2D eigenvalue weighted by Gasteiger charge is -2.21. The molecule has 1 N–H and O–H groups in total. The molecule has 0 bridgehead atoms. The van der Waals surface area contributed by atoms with Crippen molar-refractivity contribution in [1.29, 1.82) is 0 Å². The van der Waals surface area contributed by atoms with Crippen molar-refractivity contribution in [1.82, 2.24) is 5.32 Å². The van der Waals surface area contributed by atoms with Gasteiger partial charge in [-0.25, -0.2) is 0 Å². The summed E-state index contributed by atoms with van der Waals surface area (Å²) in [5.41, 5.74) is 5.58. The van der Waals surface area contributed by atoms with E-state index in [2.05, 4.69) is 91.1 Å². The molecule has 2 aromatic carbocycles. The molecule has 0 radical (unpaired) electrons. The molecule has 0 heterocycles. The van der Waals surface area contributed by atoms with E-state index in [4.69, 9.17) is 0 Å². The van der Waals surface area contributed by atoms with Crippen LogP contribution in [0.3, 0.4) is 0 Å². The fourth-order valence-electron chi connectivity index (χ4n) is 2.61. The molecular weight excluding hydrogens is 369 g/mol. The highest BCUT2D eigenvalue weighted by Gasteiger charge is 2.15. The highest BCUT2D eigenvalue weighted by molar-refractivity contribution is 14.1. The van der Waals surface area contributed by atoms with E-state index in [0.29, 0.717) is 6.04 Å². The number of nitrogens with one attached hydrogen (secondary N) is 1. The zero-order valence-corrected chi connectivity index (χ0v) is 15.3. The van der Waals surface area contributed by atoms with Gasteiger partial charge in [-0.1, -0.05) is 48.9 Å². The van der Waals surface area contributed by atoms with Crippen LogP contribution in [0.4, 0.5) is 0 Å². The molecule has 0 spiro atoms. The summed E-state index contributed by atoms with van der Waals surface area (Å²) in [6, 6.07) is 15.8. The lowest BCUT2D eigenvalue weighted by atomic mass is 9.95. The summed E-state index contributed by atoms with van der Waals surface area (Å²) in [6.07, 6.45) is 2.21. The van der Waals surface area contributed by atoms with Gasteiger partial charge in [-0.05, 0) is 78.6 Å². The van der Waals surface area contributed by atoms with Crippen LogP contribution in [-0.2, 0) is 6.42 Å². The van der Waals surface area contributed by atoms with Gasteiger partial charge < -0.3 is 5.32 Å². The molecule has 1 unspecified atom stereocenters. The lowest BCUT2D eigenvalue weighted by Crippen LogP contribution is -2.25. The third-order valence-electron chi connectivity index (χ3n) is 3.85. The lowest BCUT2D eigenvalue weighted by molar-refractivity contribution is 0.526. The van der Waals surface area contributed by atoms with Crippen LogP contribution in [0, 0.1) is 17.4 Å². The molecule has 2 aromatic rings. The Hall–Kier alpha value is -0.870. The molecule has 0 amide bonds. The molecule has 112 valence electrons. The second-order valence-electron chi connectivity index (χ2n) is 5.66. The summed E-state index contributed by atoms with van der Waals surface area (Å²) >= 11 is 2.45. The van der Waals surface area contributed by atoms with Crippen molar-refractivity contribution in [3.63, 3.8) is 0 Å². The van der Waals surface area contributed by atoms with Crippen LogP contribution in [0.2, 0.25) is 0 Å². The van der Waals surface area contributed by atoms with E-state index in [1.807, 2.05) is 0 Å². The summed E-state index contributed by atoms with van der Waals surface area (Å²) in [5.74, 6) is 0. The number of hydrogen-bond donors (Lipinski definition) is 1. The van der Waals surface area contributed by atoms with Gasteiger partial charge in [0.15, 0.2) is 0 Å². The Labute approximate surface area is 142 Å². The molecule has 2 rings (SSSR count). The molecule has 0 aliphatic heterocycles. The Morgan fingerprint density at radius 1 is 1.10 bits per heavy atom. The highest BCUT2D eigenvalue weighted by atomic mass is 127. The van der Waals surface area contributed by atoms with Crippen molar-refractivity contribution in [3.05, 3.63) is 68.3 Å². The van der Waals surface area contributed by atoms with Gasteiger partial charge in [0.2, 0.25) is 0 Å². The molecule has 0 saturated carbocycles. The normalized spacial score (nSPS) is 12.4. The van der Waals surface area contributed by atoms with Crippen LogP contribution in [-0.4, -0.2) is 6.54 Å². The van der Waals surface area contributed by atoms with Crippen molar-refractivity contribution in [2.75, 3.05) is 6.54 Å². The van der Waals surface area contributed by atoms with Gasteiger partial charge in [-0.15, -0.1) is 0 Å². The Bertz CT molecular complexity index is 592. The smallest absolute Gasteiger partial charge is 0.0371 e. The van der Waals surface area contributed by atoms with E-state index in [-0.39, 0.29) is 0 Å². The van der Waals surface area contributed by atoms with Gasteiger partial charge >= 0.3 is 0 Å². The first kappa shape index (κ1) is 16.5. The number of aryl methyl sites for hydroxylation is 2. The molecule has 0 aliphatic rings. The highest BCUT2D eigenvalue weighted by Crippen LogP contribution is 2.25. The third-order valence-corrected chi connectivity index (χ3v) is 4.83. The maximum absolute atomic E-state index is 3.72. The van der Waals surface area contributed by atoms with Crippen LogP contribution < -0.4 is 5.32 Å². The van der Waals surface area contributed by atoms with Gasteiger partial charge in [0.25, 0.3) is 0 Å². The largest absolute Gasteiger partial charge is 0.310 e. The minimum atomic E-state index is 0.388. The molecule has 1 nitrogen and oxygen atoms in total. The van der Waals surface area contributed by atoms with Crippen molar-refractivity contribution in [3.8, 4) is 0 Å². The Kier molecular flexibility index (Phi) is 6.24. The standard InChI is InChI=1S/C19H24IN/c1-4-11-21-19(17-7-5-6-8-18(17)20)13-16-12-14(2)9-10-15(16)3/h5-10,12,19,21H,4,11,13H2,1-3H3. The first-order valence-electron chi connectivity index (χ1n) is 7.65. The van der Waals surface area contributed by atoms with E-state index < -0.39 is 0 Å². The van der Waals surface area contributed by atoms with E-state index in [1.54, 1.807) is 0 Å². The van der Waals surface area contributed by atoms with Crippen molar-refractivity contribution >= 4 is 22.6 Å². The predicted molar refractivity (Wildman–Crippen MR) is 99.8 cm³/mol. The summed E-state index contributed by atoms with van der Waals surface area (Å²) < 4.78 is 1.34. The average Bonchev–Trinajstić information content (AvgIpc) is 2.48. The van der Waals surface area contributed by atoms with Crippen LogP contribution >= 0.6 is 22.6 Å². The number of rotatable bonds is 6. The van der Waals surface area contributed by atoms with Crippen LogP contribution in [0.15, 0.2) is 42.5 Å². The van der Waals surface area contributed by atoms with Crippen LogP contribution in [0.25, 0.3) is 0 Å². The Morgan fingerprint density at radius 2 is 1.86 bits per heavy atom. The second kappa shape index (κ2) is 7.95. The summed E-state index contributed by atoms with van der Waals surface area (Å²) in [6.45, 7) is 7.66. The van der Waals surface area contributed by atoms with Gasteiger partial charge in [-0.3, -0.25) is 0 Å². The Balaban J connectivity index is 2.28. The van der Waals surface area contributed by atoms with E-state index in [9.17, 15) is 0 Å². The minimum absolute atomic E-state index is 0.388. The fraction of sp³-hybridized carbons (Fsp3) is 0.368. The van der Waals surface area contributed by atoms with Gasteiger partial charge in [0.05, 0.1) is 0 Å². The van der Waals surface area contributed by atoms with Crippen molar-refractivity contribution in [2.45, 2.75) is 39.7 Å². The van der Waals surface area contributed by atoms with E-state index in [1.165, 1.54) is 25.8 Å². The van der Waals surface area contributed by atoms with Crippen LogP contribution in [0.5, 0.6) is 0 Å². The summed E-state index contributed by atoms with van der Waals surface area (Å²) in [7, 11) is 0. The van der Waals surface area contributed by atoms with Gasteiger partial charge in [0, 0.05) is 9.61 Å². The average molecular weight is 393 g/mol. The quantitative estimate of drug-likeness (QED) is 0.666. The monoisotopic (exact) mass is 393 g/mol. The van der Waals surface area contributed by atoms with Crippen molar-refractivity contribution < 1.29 is 0 Å². The van der Waals surface area contributed by atoms with E-state index in [0.717, 1.165) is 19.4 Å². The first-order valence-corrected chi connectivity index (χ1v) is 8.73. The summed E-state index contributed by atoms with van der Waals surface area (Å²) in [5, 5.41) is 3.72. The zero-order valence-electron chi connectivity index (χ0n) is 13.1. The molecule has 0 fully saturated rings. The summed E-state index contributed by atoms with van der Waals surface area (Å²) in [4.78, 5) is 0. The van der Waals surface area contributed by atoms with Crippen molar-refractivity contribution in [2.24, 2.45) is 0 Å². The second-order valence-corrected chi connectivity index (χ2v) is 6.82. The minimum Gasteiger partial charge on any atom is -0.310 e. The topological polar surface area (TPSA) is 12.0 Å². The van der Waals surface area contributed by atoms with Gasteiger partial charge in [-0.2, -0.15) is 0 Å². The van der Waals surface area contributed by atoms with E-state index >= 15 is 0 Å². The molecule has 0 saturated heterocycles. The predicted octanol–water partition coefficient (Wildman–Crippen LogP) is 5.19. The first-order chi connectivity index (χ1) is 10.1. The molecule has 2 heteroatoms. The number of hydrogen-bond acceptors (Lipinski definition) is 1. The maximum atomic E-state index is 3.72. The molecular formula is C19H24IN. The SMILES string of the molecule is CCCNC(Cc1cc(C)ccc1C)c1ccccc1I. The fourth-order valence-corrected chi connectivity index (χ4v) is 3.37. The third kappa shape index (κ3) is 4.55. The zero-order chi connectivity index (χ0) is 15.2. The molecule has 0 aliphatic carbocycles. The van der Waals surface area contributed by atoms with Gasteiger partial charge in [0.1, 0.15) is 0 Å². The maximum Gasteiger partial charge on any atom is 0.0371 e. The molecule has 21 heavy (non-hydrogen) atoms. The molecule has 0 aromatic heterocycles. The van der Waals surface area contributed by atoms with Crippen LogP contribution in [0.1, 0.15) is 41.6 Å².